The Hall–Kier alpha value is -2.82. The van der Waals surface area contributed by atoms with Crippen LogP contribution < -0.4 is 10.6 Å². The lowest BCUT2D eigenvalue weighted by molar-refractivity contribution is 0.252. The predicted octanol–water partition coefficient (Wildman–Crippen LogP) is 3.19. The van der Waals surface area contributed by atoms with Crippen LogP contribution in [0.4, 0.5) is 10.5 Å². The number of amides is 2. The van der Waals surface area contributed by atoms with Gasteiger partial charge in [0.2, 0.25) is 0 Å². The number of hydrogen-bond donors (Lipinski definition) is 2. The Labute approximate surface area is 122 Å². The molecule has 1 aromatic heterocycles. The van der Waals surface area contributed by atoms with Gasteiger partial charge in [-0.1, -0.05) is 30.3 Å². The maximum Gasteiger partial charge on any atom is 0.319 e. The van der Waals surface area contributed by atoms with Crippen LogP contribution in [0, 0.1) is 0 Å². The number of fused-ring (bicyclic) bond motifs is 1. The number of carbonyl (C=O) groups excluding carboxylic acids is 1. The van der Waals surface area contributed by atoms with Crippen molar-refractivity contribution >= 4 is 22.8 Å². The highest BCUT2D eigenvalue weighted by Crippen LogP contribution is 2.14. The summed E-state index contributed by atoms with van der Waals surface area (Å²) in [5, 5.41) is 5.53. The number of rotatable bonds is 4. The van der Waals surface area contributed by atoms with E-state index in [1.165, 1.54) is 0 Å². The molecule has 3 rings (SSSR count). The molecule has 0 saturated carbocycles. The quantitative estimate of drug-likeness (QED) is 0.771. The number of benzene rings is 2. The molecule has 2 amide bonds. The molecular formula is C16H15N3O2. The van der Waals surface area contributed by atoms with Crippen LogP contribution in [0.15, 0.2) is 59.0 Å². The molecule has 0 aliphatic heterocycles. The van der Waals surface area contributed by atoms with Gasteiger partial charge in [0.25, 0.3) is 0 Å². The van der Waals surface area contributed by atoms with E-state index in [-0.39, 0.29) is 6.03 Å². The summed E-state index contributed by atoms with van der Waals surface area (Å²) < 4.78 is 5.59. The second kappa shape index (κ2) is 6.09. The lowest BCUT2D eigenvalue weighted by Crippen LogP contribution is -2.30. The Morgan fingerprint density at radius 3 is 2.62 bits per heavy atom. The van der Waals surface area contributed by atoms with Crippen LogP contribution in [0.1, 0.15) is 5.89 Å². The summed E-state index contributed by atoms with van der Waals surface area (Å²) in [7, 11) is 0. The van der Waals surface area contributed by atoms with Crippen LogP contribution in [-0.2, 0) is 6.42 Å². The summed E-state index contributed by atoms with van der Waals surface area (Å²) in [6.45, 7) is 0.464. The molecule has 0 bridgehead atoms. The van der Waals surface area contributed by atoms with Crippen LogP contribution in [0.25, 0.3) is 11.1 Å². The first-order valence-electron chi connectivity index (χ1n) is 6.75. The molecule has 1 heterocycles. The van der Waals surface area contributed by atoms with Gasteiger partial charge in [-0.05, 0) is 24.3 Å². The van der Waals surface area contributed by atoms with Gasteiger partial charge in [-0.2, -0.15) is 0 Å². The molecule has 2 aromatic carbocycles. The Bertz CT molecular complexity index is 704. The van der Waals surface area contributed by atoms with Crippen molar-refractivity contribution in [2.45, 2.75) is 6.42 Å². The van der Waals surface area contributed by atoms with Gasteiger partial charge in [0.15, 0.2) is 11.5 Å². The topological polar surface area (TPSA) is 67.2 Å². The van der Waals surface area contributed by atoms with Crippen molar-refractivity contribution in [1.82, 2.24) is 10.3 Å². The van der Waals surface area contributed by atoms with Crippen molar-refractivity contribution in [3.63, 3.8) is 0 Å². The smallest absolute Gasteiger partial charge is 0.319 e. The summed E-state index contributed by atoms with van der Waals surface area (Å²) in [5.41, 5.74) is 2.36. The Kier molecular flexibility index (Phi) is 3.82. The molecule has 0 spiro atoms. The van der Waals surface area contributed by atoms with Crippen molar-refractivity contribution in [1.29, 1.82) is 0 Å². The zero-order valence-electron chi connectivity index (χ0n) is 11.4. The summed E-state index contributed by atoms with van der Waals surface area (Å²) in [6, 6.07) is 16.7. The van der Waals surface area contributed by atoms with E-state index in [2.05, 4.69) is 15.6 Å². The van der Waals surface area contributed by atoms with Crippen LogP contribution in [0.3, 0.4) is 0 Å². The molecule has 5 heteroatoms. The minimum Gasteiger partial charge on any atom is -0.441 e. The molecule has 0 aliphatic carbocycles. The molecule has 0 saturated heterocycles. The van der Waals surface area contributed by atoms with Gasteiger partial charge in [-0.15, -0.1) is 0 Å². The second-order valence-electron chi connectivity index (χ2n) is 4.57. The van der Waals surface area contributed by atoms with Gasteiger partial charge in [0, 0.05) is 18.7 Å². The largest absolute Gasteiger partial charge is 0.441 e. The number of para-hydroxylation sites is 3. The number of nitrogens with zero attached hydrogens (tertiary/aromatic N) is 1. The predicted molar refractivity (Wildman–Crippen MR) is 81.2 cm³/mol. The number of oxazole rings is 1. The van der Waals surface area contributed by atoms with Crippen LogP contribution in [0.2, 0.25) is 0 Å². The van der Waals surface area contributed by atoms with Crippen LogP contribution in [0.5, 0.6) is 0 Å². The average molecular weight is 281 g/mol. The van der Waals surface area contributed by atoms with E-state index in [0.29, 0.717) is 18.9 Å². The Morgan fingerprint density at radius 2 is 1.81 bits per heavy atom. The van der Waals surface area contributed by atoms with E-state index in [1.54, 1.807) is 0 Å². The van der Waals surface area contributed by atoms with Crippen molar-refractivity contribution in [2.75, 3.05) is 11.9 Å². The number of nitrogens with one attached hydrogen (secondary N) is 2. The molecule has 3 aromatic rings. The van der Waals surface area contributed by atoms with Gasteiger partial charge in [0.1, 0.15) is 5.52 Å². The van der Waals surface area contributed by atoms with Crippen molar-refractivity contribution < 1.29 is 9.21 Å². The average Bonchev–Trinajstić information content (AvgIpc) is 2.91. The van der Waals surface area contributed by atoms with Gasteiger partial charge in [-0.3, -0.25) is 0 Å². The van der Waals surface area contributed by atoms with Gasteiger partial charge in [0.05, 0.1) is 0 Å². The van der Waals surface area contributed by atoms with Gasteiger partial charge < -0.3 is 15.1 Å². The SMILES string of the molecule is O=C(NCCc1nc2ccccc2o1)Nc1ccccc1. The molecule has 0 atom stereocenters. The van der Waals surface area contributed by atoms with Crippen LogP contribution >= 0.6 is 0 Å². The van der Waals surface area contributed by atoms with Crippen molar-refractivity contribution in [3.05, 3.63) is 60.5 Å². The third kappa shape index (κ3) is 3.39. The zero-order chi connectivity index (χ0) is 14.5. The molecule has 2 N–H and O–H groups in total. The fraction of sp³-hybridized carbons (Fsp3) is 0.125. The maximum absolute atomic E-state index is 11.7. The number of aromatic nitrogens is 1. The van der Waals surface area contributed by atoms with E-state index in [0.717, 1.165) is 16.8 Å². The normalized spacial score (nSPS) is 10.5. The summed E-state index contributed by atoms with van der Waals surface area (Å²) in [6.07, 6.45) is 0.552. The lowest BCUT2D eigenvalue weighted by atomic mass is 10.3. The first kappa shape index (κ1) is 13.2. The fourth-order valence-electron chi connectivity index (χ4n) is 2.01. The highest BCUT2D eigenvalue weighted by molar-refractivity contribution is 5.89. The molecule has 0 radical (unpaired) electrons. The van der Waals surface area contributed by atoms with E-state index in [4.69, 9.17) is 4.42 Å². The van der Waals surface area contributed by atoms with E-state index in [9.17, 15) is 4.79 Å². The van der Waals surface area contributed by atoms with E-state index < -0.39 is 0 Å². The maximum atomic E-state index is 11.7. The summed E-state index contributed by atoms with van der Waals surface area (Å²) >= 11 is 0. The first-order chi connectivity index (χ1) is 10.3. The standard InChI is InChI=1S/C16H15N3O2/c20-16(18-12-6-2-1-3-7-12)17-11-10-15-19-13-8-4-5-9-14(13)21-15/h1-9H,10-11H2,(H2,17,18,20). The Morgan fingerprint density at radius 1 is 1.05 bits per heavy atom. The second-order valence-corrected chi connectivity index (χ2v) is 4.57. The third-order valence-electron chi connectivity index (χ3n) is 2.99. The lowest BCUT2D eigenvalue weighted by Gasteiger charge is -2.06. The molecular weight excluding hydrogens is 266 g/mol. The number of carbonyl (C=O) groups is 1. The van der Waals surface area contributed by atoms with Crippen molar-refractivity contribution in [2.24, 2.45) is 0 Å². The van der Waals surface area contributed by atoms with Crippen molar-refractivity contribution in [3.8, 4) is 0 Å². The van der Waals surface area contributed by atoms with Gasteiger partial charge >= 0.3 is 6.03 Å². The molecule has 21 heavy (non-hydrogen) atoms. The van der Waals surface area contributed by atoms with Gasteiger partial charge in [-0.25, -0.2) is 9.78 Å². The zero-order valence-corrected chi connectivity index (χ0v) is 11.4. The first-order valence-corrected chi connectivity index (χ1v) is 6.75. The highest BCUT2D eigenvalue weighted by Gasteiger charge is 2.06. The minimum absolute atomic E-state index is 0.239. The number of urea groups is 1. The molecule has 5 nitrogen and oxygen atoms in total. The molecule has 0 fully saturated rings. The molecule has 0 unspecified atom stereocenters. The van der Waals surface area contributed by atoms with E-state index >= 15 is 0 Å². The number of anilines is 1. The third-order valence-corrected chi connectivity index (χ3v) is 2.99. The monoisotopic (exact) mass is 281 g/mol. The Balaban J connectivity index is 1.50. The van der Waals surface area contributed by atoms with E-state index in [1.807, 2.05) is 54.6 Å². The number of hydrogen-bond acceptors (Lipinski definition) is 3. The minimum atomic E-state index is -0.239. The summed E-state index contributed by atoms with van der Waals surface area (Å²) in [5.74, 6) is 0.621. The van der Waals surface area contributed by atoms with Crippen LogP contribution in [-0.4, -0.2) is 17.6 Å². The summed E-state index contributed by atoms with van der Waals surface area (Å²) in [4.78, 5) is 16.1. The highest BCUT2D eigenvalue weighted by atomic mass is 16.3. The fourth-order valence-corrected chi connectivity index (χ4v) is 2.01. The molecule has 106 valence electrons. The molecule has 0 aliphatic rings.